The molecular weight excluding hydrogens is 164 g/mol. The molecule has 0 unspecified atom stereocenters. The van der Waals surface area contributed by atoms with Crippen molar-refractivity contribution in [3.8, 4) is 11.8 Å². The Hall–Kier alpha value is -1.20. The van der Waals surface area contributed by atoms with Crippen LogP contribution in [0.5, 0.6) is 0 Å². The van der Waals surface area contributed by atoms with Crippen LogP contribution >= 0.6 is 0 Å². The second-order valence-corrected chi connectivity index (χ2v) is 3.92. The van der Waals surface area contributed by atoms with Gasteiger partial charge in [-0.15, -0.1) is 0 Å². The molecule has 1 rings (SSSR count). The van der Waals surface area contributed by atoms with Crippen molar-refractivity contribution in [2.24, 2.45) is 5.41 Å². The molecule has 0 saturated heterocycles. The van der Waals surface area contributed by atoms with Crippen LogP contribution in [0.2, 0.25) is 0 Å². The quantitative estimate of drug-likeness (QED) is 0.668. The minimum atomic E-state index is -0.0722. The van der Waals surface area contributed by atoms with Crippen LogP contribution in [-0.2, 0) is 6.61 Å². The molecule has 1 aromatic heterocycles. The van der Waals surface area contributed by atoms with Gasteiger partial charge in [-0.05, 0) is 38.8 Å². The minimum Gasteiger partial charge on any atom is -0.450 e. The van der Waals surface area contributed by atoms with Gasteiger partial charge in [-0.3, -0.25) is 0 Å². The molecule has 70 valence electrons. The molecule has 0 radical (unpaired) electrons. The van der Waals surface area contributed by atoms with Gasteiger partial charge in [0.15, 0.2) is 5.76 Å². The molecule has 0 atom stereocenters. The Morgan fingerprint density at radius 1 is 1.38 bits per heavy atom. The average molecular weight is 178 g/mol. The summed E-state index contributed by atoms with van der Waals surface area (Å²) < 4.78 is 5.20. The lowest BCUT2D eigenvalue weighted by Gasteiger charge is -2.06. The molecule has 0 amide bonds. The number of aliphatic hydroxyl groups excluding tert-OH is 1. The summed E-state index contributed by atoms with van der Waals surface area (Å²) in [4.78, 5) is 0. The van der Waals surface area contributed by atoms with Crippen molar-refractivity contribution in [2.45, 2.75) is 27.4 Å². The number of furan rings is 1. The minimum absolute atomic E-state index is 0.0217. The molecule has 0 aliphatic carbocycles. The Kier molecular flexibility index (Phi) is 2.79. The van der Waals surface area contributed by atoms with E-state index < -0.39 is 0 Å². The molecule has 0 fully saturated rings. The van der Waals surface area contributed by atoms with Crippen LogP contribution in [-0.4, -0.2) is 5.11 Å². The number of hydrogen-bond donors (Lipinski definition) is 1. The summed E-state index contributed by atoms with van der Waals surface area (Å²) in [5.41, 5.74) is -0.0217. The van der Waals surface area contributed by atoms with E-state index >= 15 is 0 Å². The van der Waals surface area contributed by atoms with Gasteiger partial charge < -0.3 is 9.52 Å². The van der Waals surface area contributed by atoms with E-state index in [4.69, 9.17) is 9.52 Å². The summed E-state index contributed by atoms with van der Waals surface area (Å²) in [6, 6.07) is 3.50. The maximum absolute atomic E-state index is 8.74. The molecule has 0 bridgehead atoms. The van der Waals surface area contributed by atoms with E-state index in [1.165, 1.54) is 0 Å². The van der Waals surface area contributed by atoms with Crippen molar-refractivity contribution < 1.29 is 9.52 Å². The maximum atomic E-state index is 8.74. The summed E-state index contributed by atoms with van der Waals surface area (Å²) in [6.45, 7) is 6.04. The Morgan fingerprint density at radius 2 is 2.08 bits per heavy atom. The van der Waals surface area contributed by atoms with Gasteiger partial charge in [0.2, 0.25) is 0 Å². The largest absolute Gasteiger partial charge is 0.450 e. The first kappa shape index (κ1) is 9.88. The van der Waals surface area contributed by atoms with Gasteiger partial charge >= 0.3 is 0 Å². The van der Waals surface area contributed by atoms with E-state index in [1.807, 2.05) is 20.8 Å². The molecule has 2 nitrogen and oxygen atoms in total. The van der Waals surface area contributed by atoms with Gasteiger partial charge in [-0.2, -0.15) is 0 Å². The van der Waals surface area contributed by atoms with Gasteiger partial charge in [0.25, 0.3) is 0 Å². The second-order valence-electron chi connectivity index (χ2n) is 3.92. The van der Waals surface area contributed by atoms with Crippen LogP contribution in [0.25, 0.3) is 0 Å². The SMILES string of the molecule is CC(C)(C)C#Cc1ccc(CO)o1. The molecule has 1 aromatic rings. The van der Waals surface area contributed by atoms with Crippen molar-refractivity contribution in [3.05, 3.63) is 23.7 Å². The normalized spacial score (nSPS) is 10.8. The lowest BCUT2D eigenvalue weighted by molar-refractivity contribution is 0.246. The fourth-order valence-electron chi connectivity index (χ4n) is 0.779. The Balaban J connectivity index is 2.78. The zero-order valence-electron chi connectivity index (χ0n) is 8.22. The fraction of sp³-hybridized carbons (Fsp3) is 0.455. The van der Waals surface area contributed by atoms with Gasteiger partial charge in [-0.25, -0.2) is 0 Å². The van der Waals surface area contributed by atoms with Gasteiger partial charge in [0.1, 0.15) is 12.4 Å². The summed E-state index contributed by atoms with van der Waals surface area (Å²) >= 11 is 0. The van der Waals surface area contributed by atoms with Gasteiger partial charge in [-0.1, -0.05) is 5.92 Å². The highest BCUT2D eigenvalue weighted by atomic mass is 16.4. The highest BCUT2D eigenvalue weighted by molar-refractivity contribution is 5.27. The maximum Gasteiger partial charge on any atom is 0.177 e. The molecule has 0 spiro atoms. The van der Waals surface area contributed by atoms with Crippen molar-refractivity contribution >= 4 is 0 Å². The second kappa shape index (κ2) is 3.68. The first-order chi connectivity index (χ1) is 6.01. The highest BCUT2D eigenvalue weighted by Gasteiger charge is 2.04. The first-order valence-electron chi connectivity index (χ1n) is 4.24. The molecule has 0 aromatic carbocycles. The van der Waals surface area contributed by atoms with E-state index in [9.17, 15) is 0 Å². The summed E-state index contributed by atoms with van der Waals surface area (Å²) in [6.07, 6.45) is 0. The number of rotatable bonds is 1. The summed E-state index contributed by atoms with van der Waals surface area (Å²) in [5, 5.41) is 8.74. The van der Waals surface area contributed by atoms with Gasteiger partial charge in [0.05, 0.1) is 0 Å². The molecule has 0 aliphatic heterocycles. The monoisotopic (exact) mass is 178 g/mol. The van der Waals surface area contributed by atoms with E-state index in [1.54, 1.807) is 12.1 Å². The average Bonchev–Trinajstić information content (AvgIpc) is 2.47. The molecule has 2 heteroatoms. The molecule has 1 N–H and O–H groups in total. The molecule has 0 saturated carbocycles. The van der Waals surface area contributed by atoms with Crippen molar-refractivity contribution in [1.29, 1.82) is 0 Å². The smallest absolute Gasteiger partial charge is 0.177 e. The zero-order chi connectivity index (χ0) is 9.90. The van der Waals surface area contributed by atoms with Crippen molar-refractivity contribution in [1.82, 2.24) is 0 Å². The molecule has 1 heterocycles. The summed E-state index contributed by atoms with van der Waals surface area (Å²) in [5.74, 6) is 7.13. The first-order valence-corrected chi connectivity index (χ1v) is 4.24. The Bertz CT molecular complexity index is 331. The van der Waals surface area contributed by atoms with Crippen LogP contribution in [0.1, 0.15) is 32.3 Å². The van der Waals surface area contributed by atoms with Crippen LogP contribution in [0.15, 0.2) is 16.5 Å². The number of hydrogen-bond acceptors (Lipinski definition) is 2. The lowest BCUT2D eigenvalue weighted by atomic mass is 9.98. The van der Waals surface area contributed by atoms with Crippen LogP contribution in [0.4, 0.5) is 0 Å². The predicted octanol–water partition coefficient (Wildman–Crippen LogP) is 2.17. The standard InChI is InChI=1S/C11H14O2/c1-11(2,3)7-6-9-4-5-10(8-12)13-9/h4-5,12H,8H2,1-3H3. The van der Waals surface area contributed by atoms with Gasteiger partial charge in [0, 0.05) is 5.41 Å². The lowest BCUT2D eigenvalue weighted by Crippen LogP contribution is -1.99. The summed E-state index contributed by atoms with van der Waals surface area (Å²) in [7, 11) is 0. The zero-order valence-corrected chi connectivity index (χ0v) is 8.22. The Labute approximate surface area is 78.6 Å². The fourth-order valence-corrected chi connectivity index (χ4v) is 0.779. The third kappa shape index (κ3) is 3.35. The van der Waals surface area contributed by atoms with E-state index in [0.29, 0.717) is 11.5 Å². The topological polar surface area (TPSA) is 33.4 Å². The van der Waals surface area contributed by atoms with E-state index in [0.717, 1.165) is 0 Å². The molecule has 13 heavy (non-hydrogen) atoms. The highest BCUT2D eigenvalue weighted by Crippen LogP contribution is 2.12. The van der Waals surface area contributed by atoms with Crippen molar-refractivity contribution in [3.63, 3.8) is 0 Å². The molecule has 0 aliphatic rings. The Morgan fingerprint density at radius 3 is 2.54 bits per heavy atom. The number of aliphatic hydroxyl groups is 1. The van der Waals surface area contributed by atoms with Crippen LogP contribution < -0.4 is 0 Å². The van der Waals surface area contributed by atoms with E-state index in [2.05, 4.69) is 11.8 Å². The van der Waals surface area contributed by atoms with Crippen molar-refractivity contribution in [2.75, 3.05) is 0 Å². The van der Waals surface area contributed by atoms with E-state index in [-0.39, 0.29) is 12.0 Å². The third-order valence-corrected chi connectivity index (χ3v) is 1.38. The predicted molar refractivity (Wildman–Crippen MR) is 51.0 cm³/mol. The van der Waals surface area contributed by atoms with Crippen LogP contribution in [0.3, 0.4) is 0 Å². The third-order valence-electron chi connectivity index (χ3n) is 1.38. The van der Waals surface area contributed by atoms with Crippen LogP contribution in [0, 0.1) is 17.3 Å². The molecular formula is C11H14O2.